The van der Waals surface area contributed by atoms with Crippen LogP contribution in [0.5, 0.6) is 11.6 Å². The Morgan fingerprint density at radius 2 is 2.11 bits per heavy atom. The van der Waals surface area contributed by atoms with E-state index in [-0.39, 0.29) is 30.2 Å². The molecule has 10 nitrogen and oxygen atoms in total. The molecule has 2 atom stereocenters. The number of aliphatic hydroxyl groups excluding tert-OH is 1. The number of aliphatic hydroxyl groups is 1. The van der Waals surface area contributed by atoms with Crippen LogP contribution < -0.4 is 14.8 Å². The molecule has 1 aromatic carbocycles. The normalized spacial score (nSPS) is 17.4. The summed E-state index contributed by atoms with van der Waals surface area (Å²) < 4.78 is 40.2. The average molecular weight is 511 g/mol. The van der Waals surface area contributed by atoms with Crippen molar-refractivity contribution < 1.29 is 28.2 Å². The second-order valence-electron chi connectivity index (χ2n) is 8.37. The number of carbonyl (C=O) groups excluding carboxylic acids is 1. The lowest BCUT2D eigenvalue weighted by Gasteiger charge is -2.38. The molecule has 3 heterocycles. The summed E-state index contributed by atoms with van der Waals surface area (Å²) in [5, 5.41) is 22.1. The van der Waals surface area contributed by atoms with Crippen molar-refractivity contribution in [3.05, 3.63) is 54.2 Å². The number of nitriles is 1. The minimum absolute atomic E-state index is 0.000729. The predicted octanol–water partition coefficient (Wildman–Crippen LogP) is 3.16. The lowest BCUT2D eigenvalue weighted by atomic mass is 10.0. The van der Waals surface area contributed by atoms with Gasteiger partial charge in [0.25, 0.3) is 5.91 Å². The van der Waals surface area contributed by atoms with Crippen LogP contribution >= 0.6 is 0 Å². The van der Waals surface area contributed by atoms with Gasteiger partial charge in [0, 0.05) is 30.8 Å². The van der Waals surface area contributed by atoms with Crippen LogP contribution in [0.4, 0.5) is 20.5 Å². The first kappa shape index (κ1) is 25.7. The number of methoxy groups -OCH3 is 1. The molecule has 0 unspecified atom stereocenters. The fraction of sp³-hybridized carbons (Fsp3) is 0.320. The number of benzene rings is 1. The molecule has 192 valence electrons. The Morgan fingerprint density at radius 1 is 1.30 bits per heavy atom. The molecule has 0 saturated carbocycles. The van der Waals surface area contributed by atoms with Crippen LogP contribution in [0.15, 0.2) is 48.7 Å². The van der Waals surface area contributed by atoms with Gasteiger partial charge in [-0.1, -0.05) is 6.07 Å². The van der Waals surface area contributed by atoms with Crippen molar-refractivity contribution in [1.82, 2.24) is 19.9 Å². The Bertz CT molecular complexity index is 1330. The van der Waals surface area contributed by atoms with E-state index in [2.05, 4.69) is 20.3 Å². The summed E-state index contributed by atoms with van der Waals surface area (Å²) in [4.78, 5) is 25.7. The van der Waals surface area contributed by atoms with Gasteiger partial charge in [0.15, 0.2) is 6.10 Å². The average Bonchev–Trinajstić information content (AvgIpc) is 2.89. The van der Waals surface area contributed by atoms with Crippen LogP contribution in [-0.2, 0) is 4.79 Å². The zero-order valence-corrected chi connectivity index (χ0v) is 20.1. The van der Waals surface area contributed by atoms with E-state index < -0.39 is 30.6 Å². The molecule has 1 saturated heterocycles. The Morgan fingerprint density at radius 3 is 2.81 bits per heavy atom. The molecule has 1 fully saturated rings. The molecule has 3 aromatic rings. The number of alkyl halides is 2. The quantitative estimate of drug-likeness (QED) is 0.492. The lowest BCUT2D eigenvalue weighted by Crippen LogP contribution is -2.56. The van der Waals surface area contributed by atoms with Crippen LogP contribution in [0, 0.1) is 11.3 Å². The number of ether oxygens (including phenoxy) is 2. The molecule has 0 spiro atoms. The monoisotopic (exact) mass is 510 g/mol. The summed E-state index contributed by atoms with van der Waals surface area (Å²) in [7, 11) is 1.51. The first-order valence-electron chi connectivity index (χ1n) is 11.4. The highest BCUT2D eigenvalue weighted by atomic mass is 19.3. The molecular formula is C25H24F2N6O4. The number of likely N-dealkylation sites (tertiary alicyclic amines) is 1. The van der Waals surface area contributed by atoms with Gasteiger partial charge in [0.2, 0.25) is 11.8 Å². The smallest absolute Gasteiger partial charge is 0.301 e. The summed E-state index contributed by atoms with van der Waals surface area (Å²) >= 11 is 0. The van der Waals surface area contributed by atoms with Gasteiger partial charge in [-0.3, -0.25) is 4.79 Å². The molecular weight excluding hydrogens is 486 g/mol. The largest absolute Gasteiger partial charge is 0.483 e. The van der Waals surface area contributed by atoms with Crippen molar-refractivity contribution in [3.8, 4) is 29.0 Å². The third-order valence-corrected chi connectivity index (χ3v) is 5.70. The number of hydrogen-bond acceptors (Lipinski definition) is 9. The van der Waals surface area contributed by atoms with E-state index in [4.69, 9.17) is 9.47 Å². The number of nitrogens with one attached hydrogen (secondary N) is 1. The molecule has 0 aliphatic carbocycles. The van der Waals surface area contributed by atoms with E-state index in [1.54, 1.807) is 30.3 Å². The van der Waals surface area contributed by atoms with E-state index in [0.29, 0.717) is 23.0 Å². The van der Waals surface area contributed by atoms with Crippen LogP contribution in [0.25, 0.3) is 11.3 Å². The number of anilines is 2. The van der Waals surface area contributed by atoms with Gasteiger partial charge in [-0.15, -0.1) is 0 Å². The Labute approximate surface area is 211 Å². The highest BCUT2D eigenvalue weighted by Crippen LogP contribution is 2.34. The maximum absolute atomic E-state index is 14.8. The molecule has 37 heavy (non-hydrogen) atoms. The fourth-order valence-corrected chi connectivity index (χ4v) is 3.84. The number of pyridine rings is 1. The zero-order valence-electron chi connectivity index (χ0n) is 20.1. The maximum Gasteiger partial charge on any atom is 0.301 e. The van der Waals surface area contributed by atoms with Gasteiger partial charge in [-0.25, -0.2) is 18.7 Å². The number of aromatic nitrogens is 3. The Balaban J connectivity index is 1.51. The Kier molecular flexibility index (Phi) is 7.45. The number of amides is 1. The summed E-state index contributed by atoms with van der Waals surface area (Å²) in [6.07, 6.45) is -1.52. The summed E-state index contributed by atoms with van der Waals surface area (Å²) in [6.45, 7) is 0.360. The Hall–Kier alpha value is -4.37. The minimum Gasteiger partial charge on any atom is -0.483 e. The molecule has 1 aliphatic rings. The third-order valence-electron chi connectivity index (χ3n) is 5.70. The third kappa shape index (κ3) is 5.90. The van der Waals surface area contributed by atoms with E-state index in [9.17, 15) is 23.9 Å². The van der Waals surface area contributed by atoms with Gasteiger partial charge in [-0.05, 0) is 37.3 Å². The second-order valence-corrected chi connectivity index (χ2v) is 8.37. The number of piperidine rings is 1. The van der Waals surface area contributed by atoms with Crippen molar-refractivity contribution in [1.29, 1.82) is 5.26 Å². The molecule has 0 bridgehead atoms. The molecule has 12 heteroatoms. The first-order valence-corrected chi connectivity index (χ1v) is 11.4. The predicted molar refractivity (Wildman–Crippen MR) is 128 cm³/mol. The van der Waals surface area contributed by atoms with E-state index in [1.165, 1.54) is 32.4 Å². The zero-order chi connectivity index (χ0) is 26.6. The maximum atomic E-state index is 14.8. The van der Waals surface area contributed by atoms with E-state index >= 15 is 0 Å². The van der Waals surface area contributed by atoms with Gasteiger partial charge in [0.05, 0.1) is 24.9 Å². The van der Waals surface area contributed by atoms with Crippen molar-refractivity contribution in [3.63, 3.8) is 0 Å². The highest BCUT2D eigenvalue weighted by Gasteiger charge is 2.48. The minimum atomic E-state index is -3.37. The van der Waals surface area contributed by atoms with Gasteiger partial charge >= 0.3 is 5.92 Å². The SMILES string of the molecule is COc1cccc(Nc2nccc(-c3ccc(O[C@@H]4CCN(C(=O)[C@H](C)O)CC4(F)F)c(C#N)c3)n2)n1. The number of nitrogens with zero attached hydrogens (tertiary/aromatic N) is 5. The van der Waals surface area contributed by atoms with Crippen LogP contribution in [0.2, 0.25) is 0 Å². The molecule has 2 N–H and O–H groups in total. The van der Waals surface area contributed by atoms with Gasteiger partial charge in [0.1, 0.15) is 23.7 Å². The molecule has 1 aliphatic heterocycles. The standard InChI is InChI=1S/C25H24F2N6O4/c1-15(34)23(35)33-11-9-20(25(26,27)14-33)37-19-7-6-16(12-17(19)13-28)18-8-10-29-24(30-18)32-21-4-3-5-22(31-21)36-2/h3-8,10,12,15,20,34H,9,11,14H2,1-2H3,(H,29,30,31,32)/t15-,20+/m0/s1. The van der Waals surface area contributed by atoms with Crippen LogP contribution in [0.1, 0.15) is 18.9 Å². The van der Waals surface area contributed by atoms with Crippen molar-refractivity contribution >= 4 is 17.7 Å². The van der Waals surface area contributed by atoms with Crippen molar-refractivity contribution in [2.75, 3.05) is 25.5 Å². The van der Waals surface area contributed by atoms with Crippen LogP contribution in [0.3, 0.4) is 0 Å². The molecule has 1 amide bonds. The number of rotatable bonds is 7. The highest BCUT2D eigenvalue weighted by molar-refractivity contribution is 5.80. The van der Waals surface area contributed by atoms with Gasteiger partial charge in [-0.2, -0.15) is 10.2 Å². The second kappa shape index (κ2) is 10.7. The number of halogens is 2. The summed E-state index contributed by atoms with van der Waals surface area (Å²) in [5.74, 6) is -2.98. The van der Waals surface area contributed by atoms with Crippen LogP contribution in [-0.4, -0.2) is 69.2 Å². The number of hydrogen-bond donors (Lipinski definition) is 2. The van der Waals surface area contributed by atoms with E-state index in [1.807, 2.05) is 6.07 Å². The van der Waals surface area contributed by atoms with Crippen molar-refractivity contribution in [2.24, 2.45) is 0 Å². The van der Waals surface area contributed by atoms with Gasteiger partial charge < -0.3 is 24.8 Å². The van der Waals surface area contributed by atoms with Crippen molar-refractivity contribution in [2.45, 2.75) is 31.5 Å². The fourth-order valence-electron chi connectivity index (χ4n) is 3.84. The molecule has 0 radical (unpaired) electrons. The lowest BCUT2D eigenvalue weighted by molar-refractivity contribution is -0.165. The molecule has 2 aromatic heterocycles. The first-order chi connectivity index (χ1) is 17.7. The summed E-state index contributed by atoms with van der Waals surface area (Å²) in [5.41, 5.74) is 1.09. The summed E-state index contributed by atoms with van der Waals surface area (Å²) in [6, 6.07) is 13.3. The topological polar surface area (TPSA) is 133 Å². The molecule has 4 rings (SSSR count). The number of carbonyl (C=O) groups is 1. The van der Waals surface area contributed by atoms with E-state index in [0.717, 1.165) is 4.90 Å².